The monoisotopic (exact) mass is 283 g/mol. The SMILES string of the molecule is CC(Oc1cncc(CCc2ccncc2)c1)[C@@H]1CCN1. The van der Waals surface area contributed by atoms with Crippen LogP contribution in [-0.4, -0.2) is 28.7 Å². The largest absolute Gasteiger partial charge is 0.487 e. The van der Waals surface area contributed by atoms with Crippen LogP contribution in [0.1, 0.15) is 24.5 Å². The number of pyridine rings is 2. The van der Waals surface area contributed by atoms with Crippen molar-refractivity contribution in [2.75, 3.05) is 6.54 Å². The summed E-state index contributed by atoms with van der Waals surface area (Å²) in [6, 6.07) is 6.69. The van der Waals surface area contributed by atoms with Crippen LogP contribution in [-0.2, 0) is 12.8 Å². The Morgan fingerprint density at radius 3 is 2.67 bits per heavy atom. The number of aromatic nitrogens is 2. The van der Waals surface area contributed by atoms with Gasteiger partial charge in [0.05, 0.1) is 6.20 Å². The lowest BCUT2D eigenvalue weighted by molar-refractivity contribution is 0.133. The van der Waals surface area contributed by atoms with E-state index in [1.165, 1.54) is 17.5 Å². The molecule has 1 saturated heterocycles. The van der Waals surface area contributed by atoms with E-state index in [1.807, 2.05) is 18.6 Å². The molecule has 4 nitrogen and oxygen atoms in total. The van der Waals surface area contributed by atoms with Crippen molar-refractivity contribution in [1.82, 2.24) is 15.3 Å². The van der Waals surface area contributed by atoms with Crippen LogP contribution in [0.4, 0.5) is 0 Å². The van der Waals surface area contributed by atoms with Gasteiger partial charge in [-0.15, -0.1) is 0 Å². The molecule has 1 aliphatic rings. The van der Waals surface area contributed by atoms with Gasteiger partial charge in [0.2, 0.25) is 0 Å². The first-order valence-electron chi connectivity index (χ1n) is 7.54. The molecule has 0 amide bonds. The Morgan fingerprint density at radius 2 is 1.95 bits per heavy atom. The van der Waals surface area contributed by atoms with E-state index in [1.54, 1.807) is 6.20 Å². The molecular formula is C17H21N3O. The Labute approximate surface area is 125 Å². The molecule has 4 heteroatoms. The summed E-state index contributed by atoms with van der Waals surface area (Å²) in [5, 5.41) is 3.38. The van der Waals surface area contributed by atoms with Crippen LogP contribution < -0.4 is 10.1 Å². The van der Waals surface area contributed by atoms with Crippen LogP contribution in [0.2, 0.25) is 0 Å². The summed E-state index contributed by atoms with van der Waals surface area (Å²) in [7, 11) is 0. The van der Waals surface area contributed by atoms with E-state index in [0.29, 0.717) is 6.04 Å². The van der Waals surface area contributed by atoms with E-state index in [0.717, 1.165) is 25.1 Å². The molecule has 3 heterocycles. The Hall–Kier alpha value is -1.94. The molecule has 1 aliphatic heterocycles. The molecule has 2 atom stereocenters. The van der Waals surface area contributed by atoms with Crippen LogP contribution in [0.3, 0.4) is 0 Å². The fourth-order valence-electron chi connectivity index (χ4n) is 2.51. The summed E-state index contributed by atoms with van der Waals surface area (Å²) in [6.45, 7) is 3.21. The topological polar surface area (TPSA) is 47.0 Å². The van der Waals surface area contributed by atoms with Crippen LogP contribution in [0, 0.1) is 0 Å². The smallest absolute Gasteiger partial charge is 0.138 e. The zero-order chi connectivity index (χ0) is 14.5. The first kappa shape index (κ1) is 14.0. The molecule has 0 bridgehead atoms. The van der Waals surface area contributed by atoms with E-state index in [-0.39, 0.29) is 6.10 Å². The Kier molecular flexibility index (Phi) is 4.46. The van der Waals surface area contributed by atoms with Gasteiger partial charge in [0.1, 0.15) is 11.9 Å². The first-order chi connectivity index (χ1) is 10.3. The quantitative estimate of drug-likeness (QED) is 0.884. The number of hydrogen-bond donors (Lipinski definition) is 1. The van der Waals surface area contributed by atoms with Gasteiger partial charge in [-0.1, -0.05) is 0 Å². The van der Waals surface area contributed by atoms with Gasteiger partial charge in [-0.25, -0.2) is 0 Å². The fourth-order valence-corrected chi connectivity index (χ4v) is 2.51. The van der Waals surface area contributed by atoms with Gasteiger partial charge in [0, 0.05) is 24.6 Å². The molecule has 0 aromatic carbocycles. The maximum atomic E-state index is 5.98. The highest BCUT2D eigenvalue weighted by molar-refractivity contribution is 5.25. The zero-order valence-electron chi connectivity index (χ0n) is 12.3. The van der Waals surface area contributed by atoms with E-state index >= 15 is 0 Å². The van der Waals surface area contributed by atoms with Crippen LogP contribution in [0.15, 0.2) is 43.0 Å². The van der Waals surface area contributed by atoms with Crippen molar-refractivity contribution in [2.45, 2.75) is 38.3 Å². The third-order valence-electron chi connectivity index (χ3n) is 3.97. The lowest BCUT2D eigenvalue weighted by atomic mass is 10.0. The second-order valence-electron chi connectivity index (χ2n) is 5.56. The number of rotatable bonds is 6. The van der Waals surface area contributed by atoms with Crippen LogP contribution in [0.5, 0.6) is 5.75 Å². The van der Waals surface area contributed by atoms with Gasteiger partial charge in [-0.3, -0.25) is 9.97 Å². The number of ether oxygens (including phenoxy) is 1. The maximum Gasteiger partial charge on any atom is 0.138 e. The molecule has 1 unspecified atom stereocenters. The number of nitrogens with zero attached hydrogens (tertiary/aromatic N) is 2. The van der Waals surface area contributed by atoms with Crippen LogP contribution in [0.25, 0.3) is 0 Å². The fraction of sp³-hybridized carbons (Fsp3) is 0.412. The van der Waals surface area contributed by atoms with Gasteiger partial charge in [-0.2, -0.15) is 0 Å². The average molecular weight is 283 g/mol. The summed E-state index contributed by atoms with van der Waals surface area (Å²) in [4.78, 5) is 8.33. The standard InChI is InChI=1S/C17H21N3O/c1-13(17-6-9-20-17)21-16-10-15(11-19-12-16)3-2-14-4-7-18-8-5-14/h4-5,7-8,10-13,17,20H,2-3,6,9H2,1H3/t13?,17-/m0/s1. The number of nitrogens with one attached hydrogen (secondary N) is 1. The lowest BCUT2D eigenvalue weighted by Crippen LogP contribution is -2.51. The highest BCUT2D eigenvalue weighted by atomic mass is 16.5. The van der Waals surface area contributed by atoms with Gasteiger partial charge >= 0.3 is 0 Å². The predicted octanol–water partition coefficient (Wildman–Crippen LogP) is 2.39. The molecule has 2 aromatic heterocycles. The van der Waals surface area contributed by atoms with Crippen molar-refractivity contribution in [1.29, 1.82) is 0 Å². The van der Waals surface area contributed by atoms with Gasteiger partial charge in [0.15, 0.2) is 0 Å². The average Bonchev–Trinajstić information content (AvgIpc) is 2.45. The van der Waals surface area contributed by atoms with Crippen molar-refractivity contribution in [3.63, 3.8) is 0 Å². The van der Waals surface area contributed by atoms with Crippen molar-refractivity contribution < 1.29 is 4.74 Å². The third kappa shape index (κ3) is 3.79. The molecule has 1 fully saturated rings. The van der Waals surface area contributed by atoms with Gasteiger partial charge < -0.3 is 10.1 Å². The van der Waals surface area contributed by atoms with Crippen molar-refractivity contribution >= 4 is 0 Å². The number of hydrogen-bond acceptors (Lipinski definition) is 4. The summed E-state index contributed by atoms with van der Waals surface area (Å²) in [5.74, 6) is 0.864. The van der Waals surface area contributed by atoms with Gasteiger partial charge in [-0.05, 0) is 62.1 Å². The first-order valence-corrected chi connectivity index (χ1v) is 7.54. The van der Waals surface area contributed by atoms with E-state index in [4.69, 9.17) is 4.74 Å². The van der Waals surface area contributed by atoms with E-state index in [2.05, 4.69) is 40.4 Å². The summed E-state index contributed by atoms with van der Waals surface area (Å²) < 4.78 is 5.98. The molecule has 0 radical (unpaired) electrons. The Bertz CT molecular complexity index is 569. The highest BCUT2D eigenvalue weighted by Gasteiger charge is 2.24. The summed E-state index contributed by atoms with van der Waals surface area (Å²) in [5.41, 5.74) is 2.50. The van der Waals surface area contributed by atoms with Gasteiger partial charge in [0.25, 0.3) is 0 Å². The molecule has 21 heavy (non-hydrogen) atoms. The van der Waals surface area contributed by atoms with E-state index in [9.17, 15) is 0 Å². The molecule has 0 saturated carbocycles. The third-order valence-corrected chi connectivity index (χ3v) is 3.97. The molecule has 1 N–H and O–H groups in total. The lowest BCUT2D eigenvalue weighted by Gasteiger charge is -2.33. The molecular weight excluding hydrogens is 262 g/mol. The predicted molar refractivity (Wildman–Crippen MR) is 82.4 cm³/mol. The molecule has 3 rings (SSSR count). The second-order valence-corrected chi connectivity index (χ2v) is 5.56. The van der Waals surface area contributed by atoms with Crippen LogP contribution >= 0.6 is 0 Å². The van der Waals surface area contributed by atoms with Crippen molar-refractivity contribution in [3.05, 3.63) is 54.1 Å². The minimum absolute atomic E-state index is 0.191. The molecule has 2 aromatic rings. The normalized spacial score (nSPS) is 18.8. The minimum Gasteiger partial charge on any atom is -0.487 e. The summed E-state index contributed by atoms with van der Waals surface area (Å²) in [6.07, 6.45) is 10.7. The zero-order valence-corrected chi connectivity index (χ0v) is 12.3. The summed E-state index contributed by atoms with van der Waals surface area (Å²) >= 11 is 0. The molecule has 110 valence electrons. The Balaban J connectivity index is 1.57. The molecule has 0 spiro atoms. The molecule has 0 aliphatic carbocycles. The number of aryl methyl sites for hydroxylation is 2. The van der Waals surface area contributed by atoms with E-state index < -0.39 is 0 Å². The minimum atomic E-state index is 0.191. The Morgan fingerprint density at radius 1 is 1.19 bits per heavy atom. The maximum absolute atomic E-state index is 5.98. The van der Waals surface area contributed by atoms with Crippen molar-refractivity contribution in [2.24, 2.45) is 0 Å². The highest BCUT2D eigenvalue weighted by Crippen LogP contribution is 2.18. The van der Waals surface area contributed by atoms with Crippen molar-refractivity contribution in [3.8, 4) is 5.75 Å². The second kappa shape index (κ2) is 6.68.